The van der Waals surface area contributed by atoms with Crippen LogP contribution in [-0.2, 0) is 0 Å². The zero-order valence-corrected chi connectivity index (χ0v) is 11.0. The van der Waals surface area contributed by atoms with Crippen LogP contribution < -0.4 is 0 Å². The van der Waals surface area contributed by atoms with Gasteiger partial charge in [0, 0.05) is 12.0 Å². The highest BCUT2D eigenvalue weighted by atomic mass is 32.2. The molecule has 0 aromatic carbocycles. The largest absolute Gasteiger partial charge is 0.287 e. The van der Waals surface area contributed by atoms with Crippen LogP contribution in [-0.4, -0.2) is 12.8 Å². The van der Waals surface area contributed by atoms with Crippen molar-refractivity contribution >= 4 is 17.5 Å². The van der Waals surface area contributed by atoms with E-state index < -0.39 is 0 Å². The SMILES string of the molecule is CC.CC/C(C)=C1/SC(C)=CC1=NC. The molecular weight excluding hydrogens is 190 g/mol. The smallest absolute Gasteiger partial charge is 0.0717 e. The molecule has 0 saturated carbocycles. The Balaban J connectivity index is 0.000000791. The Morgan fingerprint density at radius 3 is 2.43 bits per heavy atom. The first-order chi connectivity index (χ1) is 6.69. The van der Waals surface area contributed by atoms with Crippen LogP contribution in [0.4, 0.5) is 0 Å². The van der Waals surface area contributed by atoms with Crippen molar-refractivity contribution < 1.29 is 0 Å². The van der Waals surface area contributed by atoms with E-state index in [0.717, 1.165) is 12.1 Å². The van der Waals surface area contributed by atoms with Gasteiger partial charge in [-0.05, 0) is 31.2 Å². The van der Waals surface area contributed by atoms with Gasteiger partial charge in [-0.1, -0.05) is 38.1 Å². The molecule has 0 spiro atoms. The normalized spacial score (nSPS) is 21.6. The molecule has 0 amide bonds. The van der Waals surface area contributed by atoms with Gasteiger partial charge in [0.05, 0.1) is 5.71 Å². The van der Waals surface area contributed by atoms with Gasteiger partial charge in [-0.3, -0.25) is 4.99 Å². The van der Waals surface area contributed by atoms with Gasteiger partial charge in [-0.15, -0.1) is 0 Å². The van der Waals surface area contributed by atoms with E-state index in [0.29, 0.717) is 0 Å². The summed E-state index contributed by atoms with van der Waals surface area (Å²) >= 11 is 1.84. The summed E-state index contributed by atoms with van der Waals surface area (Å²) in [5.41, 5.74) is 2.59. The first kappa shape index (κ1) is 13.5. The Kier molecular flexibility index (Phi) is 6.64. The second kappa shape index (κ2) is 6.88. The van der Waals surface area contributed by atoms with Crippen molar-refractivity contribution in [2.45, 2.75) is 41.0 Å². The Hall–Kier alpha value is -0.500. The van der Waals surface area contributed by atoms with E-state index in [4.69, 9.17) is 0 Å². The molecule has 14 heavy (non-hydrogen) atoms. The van der Waals surface area contributed by atoms with Crippen molar-refractivity contribution in [2.24, 2.45) is 4.99 Å². The standard InChI is InChI=1S/C10H15NS.C2H6/c1-5-7(2)10-9(11-4)6-8(3)12-10;1-2/h6H,5H2,1-4H3;1-2H3/b10-7+,11-9?;. The third kappa shape index (κ3) is 3.33. The predicted molar refractivity (Wildman–Crippen MR) is 69.0 cm³/mol. The molecule has 0 bridgehead atoms. The molecule has 0 fully saturated rings. The lowest BCUT2D eigenvalue weighted by Gasteiger charge is -2.02. The minimum absolute atomic E-state index is 1.11. The number of allylic oxidation sites excluding steroid dienone is 4. The molecule has 0 N–H and O–H groups in total. The summed E-state index contributed by atoms with van der Waals surface area (Å²) in [7, 11) is 1.86. The van der Waals surface area contributed by atoms with Gasteiger partial charge in [0.25, 0.3) is 0 Å². The first-order valence-corrected chi connectivity index (χ1v) is 6.03. The van der Waals surface area contributed by atoms with Crippen molar-refractivity contribution in [1.29, 1.82) is 0 Å². The van der Waals surface area contributed by atoms with Gasteiger partial charge in [0.1, 0.15) is 0 Å². The predicted octanol–water partition coefficient (Wildman–Crippen LogP) is 4.42. The lowest BCUT2D eigenvalue weighted by molar-refractivity contribution is 1.10. The monoisotopic (exact) mass is 211 g/mol. The number of thioether (sulfide) groups is 1. The van der Waals surface area contributed by atoms with Gasteiger partial charge < -0.3 is 0 Å². The van der Waals surface area contributed by atoms with Crippen molar-refractivity contribution in [3.05, 3.63) is 21.5 Å². The number of nitrogens with zero attached hydrogens (tertiary/aromatic N) is 1. The molecule has 1 rings (SSSR count). The van der Waals surface area contributed by atoms with Crippen LogP contribution >= 0.6 is 11.8 Å². The lowest BCUT2D eigenvalue weighted by Crippen LogP contribution is -1.93. The Labute approximate surface area is 92.4 Å². The fourth-order valence-electron chi connectivity index (χ4n) is 1.13. The van der Waals surface area contributed by atoms with Gasteiger partial charge in [0.2, 0.25) is 0 Å². The molecule has 1 nitrogen and oxygen atoms in total. The van der Waals surface area contributed by atoms with Crippen molar-refractivity contribution in [3.8, 4) is 0 Å². The van der Waals surface area contributed by atoms with Crippen molar-refractivity contribution in [3.63, 3.8) is 0 Å². The number of hydrogen-bond acceptors (Lipinski definition) is 2. The van der Waals surface area contributed by atoms with E-state index in [1.54, 1.807) is 0 Å². The molecule has 0 aromatic rings. The van der Waals surface area contributed by atoms with Gasteiger partial charge in [-0.25, -0.2) is 0 Å². The van der Waals surface area contributed by atoms with Gasteiger partial charge >= 0.3 is 0 Å². The summed E-state index contributed by atoms with van der Waals surface area (Å²) in [4.78, 5) is 6.95. The molecule has 0 atom stereocenters. The molecule has 0 aromatic heterocycles. The summed E-state index contributed by atoms with van der Waals surface area (Å²) < 4.78 is 0. The lowest BCUT2D eigenvalue weighted by atomic mass is 10.2. The molecule has 0 unspecified atom stereocenters. The molecule has 0 radical (unpaired) electrons. The summed E-state index contributed by atoms with van der Waals surface area (Å²) in [5.74, 6) is 0. The Bertz CT molecular complexity index is 272. The van der Waals surface area contributed by atoms with Crippen LogP contribution in [0.5, 0.6) is 0 Å². The summed E-state index contributed by atoms with van der Waals surface area (Å²) in [6.07, 6.45) is 3.27. The van der Waals surface area contributed by atoms with Gasteiger partial charge in [-0.2, -0.15) is 0 Å². The average Bonchev–Trinajstić information content (AvgIpc) is 2.61. The molecule has 80 valence electrons. The second-order valence-corrected chi connectivity index (χ2v) is 4.19. The van der Waals surface area contributed by atoms with Crippen molar-refractivity contribution in [2.75, 3.05) is 7.05 Å². The van der Waals surface area contributed by atoms with E-state index in [9.17, 15) is 0 Å². The minimum Gasteiger partial charge on any atom is -0.287 e. The van der Waals surface area contributed by atoms with E-state index in [-0.39, 0.29) is 0 Å². The van der Waals surface area contributed by atoms with Crippen LogP contribution in [0.1, 0.15) is 41.0 Å². The molecular formula is C12H21NS. The fourth-order valence-corrected chi connectivity index (χ4v) is 2.20. The quantitative estimate of drug-likeness (QED) is 0.625. The molecule has 0 aliphatic carbocycles. The number of hydrogen-bond donors (Lipinski definition) is 0. The van der Waals surface area contributed by atoms with Crippen LogP contribution in [0.2, 0.25) is 0 Å². The maximum atomic E-state index is 4.25. The molecule has 0 saturated heterocycles. The highest BCUT2D eigenvalue weighted by Crippen LogP contribution is 2.36. The highest BCUT2D eigenvalue weighted by molar-refractivity contribution is 8.08. The molecule has 1 aliphatic rings. The van der Waals surface area contributed by atoms with Gasteiger partial charge in [0.15, 0.2) is 0 Å². The first-order valence-electron chi connectivity index (χ1n) is 5.22. The van der Waals surface area contributed by atoms with Crippen LogP contribution in [0, 0.1) is 0 Å². The van der Waals surface area contributed by atoms with E-state index in [1.807, 2.05) is 32.7 Å². The van der Waals surface area contributed by atoms with Crippen molar-refractivity contribution in [1.82, 2.24) is 0 Å². The highest BCUT2D eigenvalue weighted by Gasteiger charge is 2.15. The second-order valence-electron chi connectivity index (χ2n) is 2.93. The maximum Gasteiger partial charge on any atom is 0.0717 e. The summed E-state index contributed by atoms with van der Waals surface area (Å²) in [5, 5.41) is 0. The summed E-state index contributed by atoms with van der Waals surface area (Å²) in [6.45, 7) is 10.5. The zero-order chi connectivity index (χ0) is 11.1. The molecule has 1 aliphatic heterocycles. The maximum absolute atomic E-state index is 4.25. The van der Waals surface area contributed by atoms with E-state index >= 15 is 0 Å². The summed E-state index contributed by atoms with van der Waals surface area (Å²) in [6, 6.07) is 0. The average molecular weight is 211 g/mol. The van der Waals surface area contributed by atoms with Crippen LogP contribution in [0.25, 0.3) is 0 Å². The van der Waals surface area contributed by atoms with Crippen LogP contribution in [0.3, 0.4) is 0 Å². The topological polar surface area (TPSA) is 12.4 Å². The molecule has 2 heteroatoms. The zero-order valence-electron chi connectivity index (χ0n) is 10.1. The van der Waals surface area contributed by atoms with E-state index in [2.05, 4.69) is 31.8 Å². The number of aliphatic imine (C=N–C) groups is 1. The third-order valence-corrected chi connectivity index (χ3v) is 3.20. The Morgan fingerprint density at radius 1 is 1.43 bits per heavy atom. The minimum atomic E-state index is 1.11. The van der Waals surface area contributed by atoms with E-state index in [1.165, 1.54) is 15.4 Å². The van der Waals surface area contributed by atoms with Crippen LogP contribution in [0.15, 0.2) is 26.5 Å². The third-order valence-electron chi connectivity index (χ3n) is 1.99. The fraction of sp³-hybridized carbons (Fsp3) is 0.583. The molecule has 1 heterocycles. The Morgan fingerprint density at radius 2 is 2.00 bits per heavy atom. The number of rotatable bonds is 1.